The van der Waals surface area contributed by atoms with Crippen LogP contribution in [0.4, 0.5) is 0 Å². The van der Waals surface area contributed by atoms with E-state index in [1.807, 2.05) is 13.8 Å². The van der Waals surface area contributed by atoms with Crippen LogP contribution in [0.5, 0.6) is 0 Å². The van der Waals surface area contributed by atoms with Crippen molar-refractivity contribution in [1.29, 1.82) is 0 Å². The smallest absolute Gasteiger partial charge is 0.254 e. The normalized spacial score (nSPS) is 21.0. The van der Waals surface area contributed by atoms with Crippen molar-refractivity contribution in [2.24, 2.45) is 5.92 Å². The zero-order chi connectivity index (χ0) is 19.8. The van der Waals surface area contributed by atoms with Crippen LogP contribution in [-0.4, -0.2) is 70.2 Å². The summed E-state index contributed by atoms with van der Waals surface area (Å²) in [5.41, 5.74) is 0.390. The van der Waals surface area contributed by atoms with E-state index in [2.05, 4.69) is 15.3 Å². The molecule has 0 unspecified atom stereocenters. The van der Waals surface area contributed by atoms with Gasteiger partial charge in [0.25, 0.3) is 5.91 Å². The van der Waals surface area contributed by atoms with Crippen molar-refractivity contribution in [3.8, 4) is 0 Å². The summed E-state index contributed by atoms with van der Waals surface area (Å²) in [5, 5.41) is 2.96. The number of likely N-dealkylation sites (N-methyl/N-ethyl adjacent to an activating group) is 1. The number of nitrogens with zero attached hydrogens (tertiary/aromatic N) is 4. The Bertz CT molecular complexity index is 648. The van der Waals surface area contributed by atoms with Gasteiger partial charge in [-0.25, -0.2) is 9.97 Å². The summed E-state index contributed by atoms with van der Waals surface area (Å²) < 4.78 is 0. The van der Waals surface area contributed by atoms with Gasteiger partial charge in [0.1, 0.15) is 6.33 Å². The van der Waals surface area contributed by atoms with Gasteiger partial charge in [-0.15, -0.1) is 0 Å². The summed E-state index contributed by atoms with van der Waals surface area (Å²) in [5.74, 6) is -0.566. The molecule has 3 amide bonds. The lowest BCUT2D eigenvalue weighted by atomic mass is 9.95. The Morgan fingerprint density at radius 1 is 1.22 bits per heavy atom. The van der Waals surface area contributed by atoms with Crippen LogP contribution in [0.2, 0.25) is 0 Å². The Hall–Kier alpha value is -2.51. The fourth-order valence-corrected chi connectivity index (χ4v) is 3.41. The first kappa shape index (κ1) is 20.8. The van der Waals surface area contributed by atoms with Gasteiger partial charge in [0.2, 0.25) is 11.8 Å². The van der Waals surface area contributed by atoms with Crippen LogP contribution in [0, 0.1) is 5.92 Å². The van der Waals surface area contributed by atoms with Gasteiger partial charge in [0.15, 0.2) is 0 Å². The summed E-state index contributed by atoms with van der Waals surface area (Å²) in [6.45, 7) is 5.61. The lowest BCUT2D eigenvalue weighted by molar-refractivity contribution is -0.140. The Morgan fingerprint density at radius 2 is 1.89 bits per heavy atom. The molecular weight excluding hydrogens is 346 g/mol. The van der Waals surface area contributed by atoms with Gasteiger partial charge in [0, 0.05) is 57.5 Å². The summed E-state index contributed by atoms with van der Waals surface area (Å²) in [4.78, 5) is 48.7. The van der Waals surface area contributed by atoms with Crippen molar-refractivity contribution in [3.63, 3.8) is 0 Å². The van der Waals surface area contributed by atoms with E-state index in [4.69, 9.17) is 0 Å². The quantitative estimate of drug-likeness (QED) is 0.831. The number of amides is 3. The number of hydrogen-bond acceptors (Lipinski definition) is 5. The predicted octanol–water partition coefficient (Wildman–Crippen LogP) is 1.09. The molecule has 1 aliphatic heterocycles. The van der Waals surface area contributed by atoms with E-state index in [0.717, 1.165) is 6.42 Å². The highest BCUT2D eigenvalue weighted by Crippen LogP contribution is 2.21. The number of carbonyl (C=O) groups excluding carboxylic acids is 3. The molecule has 148 valence electrons. The molecule has 0 radical (unpaired) electrons. The average molecular weight is 375 g/mol. The van der Waals surface area contributed by atoms with Crippen molar-refractivity contribution in [3.05, 3.63) is 24.3 Å². The molecule has 1 saturated heterocycles. The van der Waals surface area contributed by atoms with Crippen molar-refractivity contribution >= 4 is 17.7 Å². The van der Waals surface area contributed by atoms with Gasteiger partial charge in [-0.2, -0.15) is 0 Å². The minimum absolute atomic E-state index is 0.0469. The molecule has 2 atom stereocenters. The second kappa shape index (κ2) is 9.99. The third kappa shape index (κ3) is 5.74. The number of carbonyl (C=O) groups is 3. The molecule has 0 aromatic carbocycles. The van der Waals surface area contributed by atoms with E-state index in [0.29, 0.717) is 38.0 Å². The molecule has 1 fully saturated rings. The van der Waals surface area contributed by atoms with Crippen molar-refractivity contribution in [1.82, 2.24) is 25.1 Å². The second-order valence-corrected chi connectivity index (χ2v) is 6.91. The minimum atomic E-state index is -0.295. The molecule has 0 saturated carbocycles. The average Bonchev–Trinajstić information content (AvgIpc) is 2.74. The highest BCUT2D eigenvalue weighted by atomic mass is 16.2. The molecule has 1 N–H and O–H groups in total. The van der Waals surface area contributed by atoms with Crippen LogP contribution in [-0.2, 0) is 9.59 Å². The number of nitrogens with one attached hydrogen (secondary N) is 1. The van der Waals surface area contributed by atoms with E-state index in [-0.39, 0.29) is 36.1 Å². The standard InChI is InChI=1S/C19H29N5O3/c1-4-24(5-2)19(27)14-7-6-8-16(12-23(3)17(25)9-14)22-18(26)15-10-20-13-21-11-15/h10-11,13-14,16H,4-9,12H2,1-3H3,(H,22,26)/t14-,16-/m1/s1. The van der Waals surface area contributed by atoms with E-state index >= 15 is 0 Å². The third-order valence-corrected chi connectivity index (χ3v) is 5.03. The second-order valence-electron chi connectivity index (χ2n) is 6.91. The zero-order valence-corrected chi connectivity index (χ0v) is 16.4. The van der Waals surface area contributed by atoms with E-state index in [1.54, 1.807) is 16.8 Å². The van der Waals surface area contributed by atoms with Crippen LogP contribution in [0.25, 0.3) is 0 Å². The maximum atomic E-state index is 12.7. The first-order valence-electron chi connectivity index (χ1n) is 9.54. The van der Waals surface area contributed by atoms with Gasteiger partial charge < -0.3 is 15.1 Å². The fourth-order valence-electron chi connectivity index (χ4n) is 3.41. The molecule has 8 nitrogen and oxygen atoms in total. The third-order valence-electron chi connectivity index (χ3n) is 5.03. The fraction of sp³-hybridized carbons (Fsp3) is 0.632. The van der Waals surface area contributed by atoms with Crippen LogP contribution in [0.1, 0.15) is 49.9 Å². The van der Waals surface area contributed by atoms with E-state index in [9.17, 15) is 14.4 Å². The molecule has 2 heterocycles. The lowest BCUT2D eigenvalue weighted by Crippen LogP contribution is -2.44. The van der Waals surface area contributed by atoms with Crippen molar-refractivity contribution in [2.75, 3.05) is 26.7 Å². The zero-order valence-electron chi connectivity index (χ0n) is 16.4. The van der Waals surface area contributed by atoms with Crippen LogP contribution < -0.4 is 5.32 Å². The monoisotopic (exact) mass is 375 g/mol. The molecule has 27 heavy (non-hydrogen) atoms. The molecule has 0 bridgehead atoms. The molecule has 1 aliphatic rings. The highest BCUT2D eigenvalue weighted by Gasteiger charge is 2.29. The SMILES string of the molecule is CCN(CC)C(=O)[C@@H]1CCC[C@@H](NC(=O)c2cncnc2)CN(C)C(=O)C1. The maximum Gasteiger partial charge on any atom is 0.254 e. The van der Waals surface area contributed by atoms with Gasteiger partial charge in [-0.1, -0.05) is 6.42 Å². The molecule has 8 heteroatoms. The van der Waals surface area contributed by atoms with E-state index < -0.39 is 0 Å². The van der Waals surface area contributed by atoms with Crippen molar-refractivity contribution in [2.45, 2.75) is 45.6 Å². The Labute approximate surface area is 160 Å². The molecular formula is C19H29N5O3. The van der Waals surface area contributed by atoms with Crippen molar-refractivity contribution < 1.29 is 14.4 Å². The number of aromatic nitrogens is 2. The Morgan fingerprint density at radius 3 is 2.52 bits per heavy atom. The summed E-state index contributed by atoms with van der Waals surface area (Å²) in [6, 6.07) is -0.172. The number of hydrogen-bond donors (Lipinski definition) is 1. The van der Waals surface area contributed by atoms with Crippen LogP contribution in [0.3, 0.4) is 0 Å². The van der Waals surface area contributed by atoms with Crippen LogP contribution in [0.15, 0.2) is 18.7 Å². The Kier molecular flexibility index (Phi) is 7.69. The van der Waals surface area contributed by atoms with E-state index in [1.165, 1.54) is 18.7 Å². The van der Waals surface area contributed by atoms with Crippen LogP contribution >= 0.6 is 0 Å². The first-order valence-corrected chi connectivity index (χ1v) is 9.54. The summed E-state index contributed by atoms with van der Waals surface area (Å²) >= 11 is 0. The lowest BCUT2D eigenvalue weighted by Gasteiger charge is -2.26. The maximum absolute atomic E-state index is 12.7. The molecule has 0 spiro atoms. The Balaban J connectivity index is 2.04. The number of rotatable bonds is 5. The predicted molar refractivity (Wildman–Crippen MR) is 101 cm³/mol. The topological polar surface area (TPSA) is 95.5 Å². The molecule has 0 aliphatic carbocycles. The summed E-state index contributed by atoms with van der Waals surface area (Å²) in [7, 11) is 1.72. The molecule has 1 aromatic heterocycles. The van der Waals surface area contributed by atoms with Gasteiger partial charge >= 0.3 is 0 Å². The highest BCUT2D eigenvalue weighted by molar-refractivity contribution is 5.93. The van der Waals surface area contributed by atoms with Gasteiger partial charge in [0.05, 0.1) is 5.56 Å². The molecule has 2 rings (SSSR count). The largest absolute Gasteiger partial charge is 0.347 e. The van der Waals surface area contributed by atoms with Gasteiger partial charge in [-0.3, -0.25) is 14.4 Å². The van der Waals surface area contributed by atoms with Gasteiger partial charge in [-0.05, 0) is 26.7 Å². The first-order chi connectivity index (χ1) is 13.0. The summed E-state index contributed by atoms with van der Waals surface area (Å²) in [6.07, 6.45) is 6.65. The minimum Gasteiger partial charge on any atom is -0.347 e. The molecule has 1 aromatic rings.